The van der Waals surface area contributed by atoms with Crippen LogP contribution in [0.25, 0.3) is 0 Å². The van der Waals surface area contributed by atoms with Crippen molar-refractivity contribution in [2.45, 2.75) is 52.6 Å². The van der Waals surface area contributed by atoms with Crippen molar-refractivity contribution >= 4 is 11.9 Å². The Morgan fingerprint density at radius 2 is 1.90 bits per heavy atom. The van der Waals surface area contributed by atoms with Crippen LogP contribution >= 0.6 is 0 Å². The Balaban J connectivity index is 1.42. The summed E-state index contributed by atoms with van der Waals surface area (Å²) < 4.78 is 0. The van der Waals surface area contributed by atoms with Gasteiger partial charge in [-0.05, 0) is 48.4 Å². The molecule has 0 radical (unpaired) electrons. The van der Waals surface area contributed by atoms with Gasteiger partial charge in [-0.15, -0.1) is 0 Å². The monoisotopic (exact) mass is 408 g/mol. The highest BCUT2D eigenvalue weighted by Crippen LogP contribution is 2.22. The molecule has 3 amide bonds. The van der Waals surface area contributed by atoms with Crippen LogP contribution in [0.4, 0.5) is 4.79 Å². The lowest BCUT2D eigenvalue weighted by Gasteiger charge is -2.29. The molecule has 2 aromatic rings. The number of benzene rings is 1. The van der Waals surface area contributed by atoms with E-state index in [1.165, 1.54) is 11.1 Å². The van der Waals surface area contributed by atoms with E-state index in [0.29, 0.717) is 25.9 Å². The third-order valence-electron chi connectivity index (χ3n) is 5.63. The number of aromatic nitrogens is 1. The summed E-state index contributed by atoms with van der Waals surface area (Å²) in [5, 5.41) is 5.91. The van der Waals surface area contributed by atoms with E-state index in [4.69, 9.17) is 0 Å². The molecule has 0 fully saturated rings. The largest absolute Gasteiger partial charge is 0.338 e. The zero-order valence-electron chi connectivity index (χ0n) is 18.1. The maximum atomic E-state index is 12.5. The first-order chi connectivity index (χ1) is 14.5. The highest BCUT2D eigenvalue weighted by Gasteiger charge is 2.22. The molecule has 3 rings (SSSR count). The minimum Gasteiger partial charge on any atom is -0.338 e. The molecule has 0 aliphatic carbocycles. The summed E-state index contributed by atoms with van der Waals surface area (Å²) in [6, 6.07) is 11.8. The van der Waals surface area contributed by atoms with Crippen LogP contribution in [0, 0.1) is 12.8 Å². The van der Waals surface area contributed by atoms with Gasteiger partial charge in [0.1, 0.15) is 0 Å². The number of pyridine rings is 1. The fourth-order valence-electron chi connectivity index (χ4n) is 3.87. The lowest BCUT2D eigenvalue weighted by Crippen LogP contribution is -2.41. The first-order valence-corrected chi connectivity index (χ1v) is 10.8. The summed E-state index contributed by atoms with van der Waals surface area (Å²) in [5.74, 6) is 0.365. The average molecular weight is 409 g/mol. The minimum atomic E-state index is -0.224. The van der Waals surface area contributed by atoms with Gasteiger partial charge in [-0.1, -0.05) is 44.2 Å². The Labute approximate surface area is 179 Å². The van der Waals surface area contributed by atoms with Gasteiger partial charge >= 0.3 is 6.03 Å². The molecule has 0 saturated heterocycles. The van der Waals surface area contributed by atoms with Crippen LogP contribution in [0.5, 0.6) is 0 Å². The standard InChI is InChI=1S/C24H32N4O2/c1-17(2)22(23-18(3)8-6-13-25-23)27-24(30)26-14-7-11-21(29)28-15-12-19-9-4-5-10-20(19)16-28/h4-6,8-10,13,17,22H,7,11-12,14-16H2,1-3H3,(H2,26,27,30). The van der Waals surface area contributed by atoms with Crippen molar-refractivity contribution in [1.29, 1.82) is 0 Å². The first kappa shape index (κ1) is 21.8. The van der Waals surface area contributed by atoms with Gasteiger partial charge in [0.05, 0.1) is 11.7 Å². The Morgan fingerprint density at radius 1 is 1.13 bits per heavy atom. The van der Waals surface area contributed by atoms with Crippen LogP contribution < -0.4 is 10.6 Å². The molecule has 1 unspecified atom stereocenters. The average Bonchev–Trinajstić information content (AvgIpc) is 2.75. The molecular weight excluding hydrogens is 376 g/mol. The lowest BCUT2D eigenvalue weighted by molar-refractivity contribution is -0.132. The van der Waals surface area contributed by atoms with Crippen molar-refractivity contribution in [3.63, 3.8) is 0 Å². The second-order valence-electron chi connectivity index (χ2n) is 8.27. The molecule has 30 heavy (non-hydrogen) atoms. The number of hydrogen-bond acceptors (Lipinski definition) is 3. The van der Waals surface area contributed by atoms with Crippen LogP contribution in [0.3, 0.4) is 0 Å². The smallest absolute Gasteiger partial charge is 0.315 e. The zero-order valence-corrected chi connectivity index (χ0v) is 18.1. The summed E-state index contributed by atoms with van der Waals surface area (Å²) in [6.45, 7) is 8.05. The molecule has 1 aliphatic heterocycles. The minimum absolute atomic E-state index is 0.149. The number of amides is 3. The van der Waals surface area contributed by atoms with E-state index >= 15 is 0 Å². The molecule has 1 aliphatic rings. The van der Waals surface area contributed by atoms with Gasteiger partial charge < -0.3 is 15.5 Å². The van der Waals surface area contributed by atoms with E-state index in [1.807, 2.05) is 36.1 Å². The molecule has 1 aromatic heterocycles. The van der Waals surface area contributed by atoms with Crippen LogP contribution in [0.2, 0.25) is 0 Å². The second kappa shape index (κ2) is 10.2. The number of carbonyl (C=O) groups excluding carboxylic acids is 2. The van der Waals surface area contributed by atoms with Gasteiger partial charge in [0, 0.05) is 32.3 Å². The van der Waals surface area contributed by atoms with Crippen molar-refractivity contribution in [1.82, 2.24) is 20.5 Å². The van der Waals surface area contributed by atoms with Crippen molar-refractivity contribution in [2.75, 3.05) is 13.1 Å². The van der Waals surface area contributed by atoms with Crippen molar-refractivity contribution in [3.05, 3.63) is 65.0 Å². The molecule has 0 saturated carbocycles. The molecule has 6 heteroatoms. The van der Waals surface area contributed by atoms with Crippen molar-refractivity contribution < 1.29 is 9.59 Å². The van der Waals surface area contributed by atoms with Gasteiger partial charge in [-0.2, -0.15) is 0 Å². The summed E-state index contributed by atoms with van der Waals surface area (Å²) in [4.78, 5) is 31.3. The highest BCUT2D eigenvalue weighted by atomic mass is 16.2. The number of fused-ring (bicyclic) bond motifs is 1. The molecular formula is C24H32N4O2. The SMILES string of the molecule is Cc1cccnc1C(NC(=O)NCCCC(=O)N1CCc2ccccc2C1)C(C)C. The maximum absolute atomic E-state index is 12.5. The van der Waals surface area contributed by atoms with E-state index in [2.05, 4.69) is 41.6 Å². The fourth-order valence-corrected chi connectivity index (χ4v) is 3.87. The third-order valence-corrected chi connectivity index (χ3v) is 5.63. The topological polar surface area (TPSA) is 74.3 Å². The number of aryl methyl sites for hydroxylation is 1. The van der Waals surface area contributed by atoms with Gasteiger partial charge in [0.15, 0.2) is 0 Å². The Hall–Kier alpha value is -2.89. The molecule has 2 N–H and O–H groups in total. The third kappa shape index (κ3) is 5.59. The van der Waals surface area contributed by atoms with Gasteiger partial charge in [-0.25, -0.2) is 4.79 Å². The van der Waals surface area contributed by atoms with E-state index in [9.17, 15) is 9.59 Å². The lowest BCUT2D eigenvalue weighted by atomic mass is 9.97. The number of carbonyl (C=O) groups is 2. The molecule has 2 heterocycles. The molecule has 0 bridgehead atoms. The van der Waals surface area contributed by atoms with Crippen molar-refractivity contribution in [3.8, 4) is 0 Å². The first-order valence-electron chi connectivity index (χ1n) is 10.8. The molecule has 160 valence electrons. The molecule has 6 nitrogen and oxygen atoms in total. The van der Waals surface area contributed by atoms with E-state index < -0.39 is 0 Å². The van der Waals surface area contributed by atoms with E-state index in [0.717, 1.165) is 24.2 Å². The fraction of sp³-hybridized carbons (Fsp3) is 0.458. The Kier molecular flexibility index (Phi) is 7.44. The normalized spacial score (nSPS) is 14.2. The summed E-state index contributed by atoms with van der Waals surface area (Å²) in [7, 11) is 0. The quantitative estimate of drug-likeness (QED) is 0.685. The van der Waals surface area contributed by atoms with Crippen LogP contribution in [-0.2, 0) is 17.8 Å². The summed E-state index contributed by atoms with van der Waals surface area (Å²) >= 11 is 0. The Bertz CT molecular complexity index is 881. The van der Waals surface area contributed by atoms with Gasteiger partial charge in [-0.3, -0.25) is 9.78 Å². The number of nitrogens with one attached hydrogen (secondary N) is 2. The Morgan fingerprint density at radius 3 is 2.63 bits per heavy atom. The second-order valence-corrected chi connectivity index (χ2v) is 8.27. The van der Waals surface area contributed by atoms with Crippen LogP contribution in [-0.4, -0.2) is 34.9 Å². The molecule has 1 aromatic carbocycles. The summed E-state index contributed by atoms with van der Waals surface area (Å²) in [5.41, 5.74) is 4.52. The zero-order chi connectivity index (χ0) is 21.5. The van der Waals surface area contributed by atoms with Gasteiger partial charge in [0.2, 0.25) is 5.91 Å². The van der Waals surface area contributed by atoms with E-state index in [-0.39, 0.29) is 23.9 Å². The predicted octanol–water partition coefficient (Wildman–Crippen LogP) is 3.75. The van der Waals surface area contributed by atoms with E-state index in [1.54, 1.807) is 6.20 Å². The van der Waals surface area contributed by atoms with Crippen molar-refractivity contribution in [2.24, 2.45) is 5.92 Å². The van der Waals surface area contributed by atoms with Crippen LogP contribution in [0.15, 0.2) is 42.6 Å². The molecule has 0 spiro atoms. The number of hydrogen-bond donors (Lipinski definition) is 2. The number of urea groups is 1. The van der Waals surface area contributed by atoms with Crippen LogP contribution in [0.1, 0.15) is 55.1 Å². The number of rotatable bonds is 7. The summed E-state index contributed by atoms with van der Waals surface area (Å²) in [6.07, 6.45) is 3.72. The van der Waals surface area contributed by atoms with Gasteiger partial charge in [0.25, 0.3) is 0 Å². The molecule has 1 atom stereocenters. The highest BCUT2D eigenvalue weighted by molar-refractivity contribution is 5.77. The number of nitrogens with zero attached hydrogens (tertiary/aromatic N) is 2. The predicted molar refractivity (Wildman–Crippen MR) is 118 cm³/mol. The maximum Gasteiger partial charge on any atom is 0.315 e.